The van der Waals surface area contributed by atoms with Gasteiger partial charge in [-0.3, -0.25) is 0 Å². The molecule has 1 aromatic heterocycles. The number of nitrogens with zero attached hydrogens (tertiary/aromatic N) is 2. The van der Waals surface area contributed by atoms with Gasteiger partial charge in [0.05, 0.1) is 11.7 Å². The summed E-state index contributed by atoms with van der Waals surface area (Å²) in [5.41, 5.74) is 11.1. The van der Waals surface area contributed by atoms with Crippen LogP contribution in [-0.4, -0.2) is 8.75 Å². The molecule has 0 aliphatic rings. The van der Waals surface area contributed by atoms with Gasteiger partial charge in [0.2, 0.25) is 0 Å². The SMILES string of the molecule is CCC(C)(CC)c1ccc(-c2cc(C)c(-c3ccc(C(C)(C)C)cc3)c3nsnc23)cc1. The molecule has 0 radical (unpaired) electrons. The number of aryl methyl sites for hydroxylation is 1. The topological polar surface area (TPSA) is 25.8 Å². The summed E-state index contributed by atoms with van der Waals surface area (Å²) >= 11 is 1.30. The van der Waals surface area contributed by atoms with E-state index in [0.717, 1.165) is 23.9 Å². The van der Waals surface area contributed by atoms with Crippen molar-refractivity contribution in [3.05, 3.63) is 71.3 Å². The van der Waals surface area contributed by atoms with Crippen molar-refractivity contribution in [2.75, 3.05) is 0 Å². The molecule has 0 aliphatic carbocycles. The van der Waals surface area contributed by atoms with Crippen molar-refractivity contribution in [1.82, 2.24) is 8.75 Å². The number of hydrogen-bond acceptors (Lipinski definition) is 3. The predicted molar refractivity (Wildman–Crippen MR) is 140 cm³/mol. The van der Waals surface area contributed by atoms with Gasteiger partial charge in [-0.05, 0) is 64.5 Å². The summed E-state index contributed by atoms with van der Waals surface area (Å²) in [6, 6.07) is 20.3. The van der Waals surface area contributed by atoms with Gasteiger partial charge in [0.15, 0.2) is 0 Å². The zero-order valence-corrected chi connectivity index (χ0v) is 21.2. The zero-order valence-electron chi connectivity index (χ0n) is 20.4. The molecule has 0 N–H and O–H groups in total. The Bertz CT molecular complexity index is 1220. The second-order valence-electron chi connectivity index (χ2n) is 10.2. The van der Waals surface area contributed by atoms with Crippen LogP contribution < -0.4 is 0 Å². The third-order valence-corrected chi connectivity index (χ3v) is 7.76. The summed E-state index contributed by atoms with van der Waals surface area (Å²) in [4.78, 5) is 0. The van der Waals surface area contributed by atoms with Crippen LogP contribution in [0, 0.1) is 6.92 Å². The maximum absolute atomic E-state index is 4.73. The zero-order chi connectivity index (χ0) is 23.1. The second-order valence-corrected chi connectivity index (χ2v) is 10.8. The summed E-state index contributed by atoms with van der Waals surface area (Å²) in [5.74, 6) is 0. The fourth-order valence-electron chi connectivity index (χ4n) is 4.50. The molecular formula is C29H34N2S. The first-order valence-corrected chi connectivity index (χ1v) is 12.4. The largest absolute Gasteiger partial charge is 0.172 e. The fourth-order valence-corrected chi connectivity index (χ4v) is 5.07. The van der Waals surface area contributed by atoms with Gasteiger partial charge in [-0.1, -0.05) is 90.1 Å². The lowest BCUT2D eigenvalue weighted by Gasteiger charge is -2.27. The minimum absolute atomic E-state index is 0.146. The summed E-state index contributed by atoms with van der Waals surface area (Å²) in [6.07, 6.45) is 2.29. The van der Waals surface area contributed by atoms with E-state index >= 15 is 0 Å². The van der Waals surface area contributed by atoms with Gasteiger partial charge >= 0.3 is 0 Å². The van der Waals surface area contributed by atoms with Gasteiger partial charge < -0.3 is 0 Å². The molecule has 0 aliphatic heterocycles. The van der Waals surface area contributed by atoms with E-state index in [9.17, 15) is 0 Å². The van der Waals surface area contributed by atoms with E-state index < -0.39 is 0 Å². The normalized spacial score (nSPS) is 12.5. The molecule has 1 heterocycles. The fraction of sp³-hybridized carbons (Fsp3) is 0.379. The summed E-state index contributed by atoms with van der Waals surface area (Å²) < 4.78 is 9.44. The Morgan fingerprint density at radius 3 is 1.81 bits per heavy atom. The quantitative estimate of drug-likeness (QED) is 0.309. The van der Waals surface area contributed by atoms with Crippen LogP contribution in [-0.2, 0) is 10.8 Å². The molecule has 4 rings (SSSR count). The number of fused-ring (bicyclic) bond motifs is 1. The average molecular weight is 443 g/mol. The van der Waals surface area contributed by atoms with Crippen molar-refractivity contribution in [3.8, 4) is 22.3 Å². The first-order valence-electron chi connectivity index (χ1n) is 11.7. The van der Waals surface area contributed by atoms with Crippen LogP contribution in [0.15, 0.2) is 54.6 Å². The number of benzene rings is 3. The number of rotatable bonds is 5. The average Bonchev–Trinajstić information content (AvgIpc) is 3.27. The molecular weight excluding hydrogens is 408 g/mol. The van der Waals surface area contributed by atoms with Gasteiger partial charge in [-0.25, -0.2) is 0 Å². The summed E-state index contributed by atoms with van der Waals surface area (Å²) in [7, 11) is 0. The molecule has 0 saturated heterocycles. The Hall–Kier alpha value is -2.52. The second kappa shape index (κ2) is 8.44. The molecule has 166 valence electrons. The van der Waals surface area contributed by atoms with Crippen LogP contribution in [0.4, 0.5) is 0 Å². The molecule has 0 spiro atoms. The molecule has 0 amide bonds. The van der Waals surface area contributed by atoms with Gasteiger partial charge in [-0.2, -0.15) is 8.75 Å². The molecule has 2 nitrogen and oxygen atoms in total. The van der Waals surface area contributed by atoms with Gasteiger partial charge in [0, 0.05) is 11.1 Å². The summed E-state index contributed by atoms with van der Waals surface area (Å²) in [5, 5.41) is 0. The van der Waals surface area contributed by atoms with Crippen molar-refractivity contribution in [3.63, 3.8) is 0 Å². The molecule has 3 heteroatoms. The Morgan fingerprint density at radius 1 is 0.719 bits per heavy atom. The van der Waals surface area contributed by atoms with E-state index in [2.05, 4.69) is 103 Å². The maximum Gasteiger partial charge on any atom is 0.113 e. The molecule has 4 aromatic rings. The minimum Gasteiger partial charge on any atom is -0.172 e. The third kappa shape index (κ3) is 3.99. The monoisotopic (exact) mass is 442 g/mol. The summed E-state index contributed by atoms with van der Waals surface area (Å²) in [6.45, 7) is 15.8. The maximum atomic E-state index is 4.73. The Kier molecular flexibility index (Phi) is 5.98. The van der Waals surface area contributed by atoms with E-state index in [1.54, 1.807) is 0 Å². The Labute approximate surface area is 197 Å². The minimum atomic E-state index is 0.146. The van der Waals surface area contributed by atoms with E-state index in [-0.39, 0.29) is 10.8 Å². The van der Waals surface area contributed by atoms with Crippen molar-refractivity contribution < 1.29 is 0 Å². The highest BCUT2D eigenvalue weighted by Gasteiger charge is 2.23. The Morgan fingerprint density at radius 2 is 1.25 bits per heavy atom. The number of hydrogen-bond donors (Lipinski definition) is 0. The van der Waals surface area contributed by atoms with E-state index in [1.807, 2.05) is 0 Å². The van der Waals surface area contributed by atoms with Crippen molar-refractivity contribution >= 4 is 22.8 Å². The molecule has 0 fully saturated rings. The lowest BCUT2D eigenvalue weighted by atomic mass is 9.77. The molecule has 0 saturated carbocycles. The lowest BCUT2D eigenvalue weighted by Crippen LogP contribution is -2.19. The van der Waals surface area contributed by atoms with Gasteiger partial charge in [0.25, 0.3) is 0 Å². The van der Waals surface area contributed by atoms with Gasteiger partial charge in [-0.15, -0.1) is 0 Å². The van der Waals surface area contributed by atoms with Crippen molar-refractivity contribution in [2.45, 2.75) is 72.1 Å². The lowest BCUT2D eigenvalue weighted by molar-refractivity contribution is 0.439. The molecule has 0 bridgehead atoms. The van der Waals surface area contributed by atoms with Crippen LogP contribution in [0.25, 0.3) is 33.3 Å². The molecule has 0 unspecified atom stereocenters. The van der Waals surface area contributed by atoms with Crippen LogP contribution in [0.3, 0.4) is 0 Å². The van der Waals surface area contributed by atoms with Crippen molar-refractivity contribution in [1.29, 1.82) is 0 Å². The van der Waals surface area contributed by atoms with E-state index in [4.69, 9.17) is 8.75 Å². The van der Waals surface area contributed by atoms with Crippen LogP contribution in [0.5, 0.6) is 0 Å². The first-order chi connectivity index (χ1) is 15.2. The van der Waals surface area contributed by atoms with E-state index in [1.165, 1.54) is 50.7 Å². The highest BCUT2D eigenvalue weighted by Crippen LogP contribution is 2.39. The molecule has 32 heavy (non-hydrogen) atoms. The highest BCUT2D eigenvalue weighted by atomic mass is 32.1. The number of aromatic nitrogens is 2. The smallest absolute Gasteiger partial charge is 0.113 e. The van der Waals surface area contributed by atoms with Gasteiger partial charge in [0.1, 0.15) is 11.0 Å². The highest BCUT2D eigenvalue weighted by molar-refractivity contribution is 7.00. The third-order valence-electron chi connectivity index (χ3n) is 7.23. The molecule has 0 atom stereocenters. The van der Waals surface area contributed by atoms with Crippen LogP contribution in [0.2, 0.25) is 0 Å². The van der Waals surface area contributed by atoms with E-state index in [0.29, 0.717) is 0 Å². The van der Waals surface area contributed by atoms with Crippen LogP contribution >= 0.6 is 11.7 Å². The first kappa shape index (κ1) is 22.7. The van der Waals surface area contributed by atoms with Crippen molar-refractivity contribution in [2.24, 2.45) is 0 Å². The Balaban J connectivity index is 1.79. The van der Waals surface area contributed by atoms with Crippen LogP contribution in [0.1, 0.15) is 71.1 Å². The molecule has 3 aromatic carbocycles. The predicted octanol–water partition coefficient (Wildman–Crippen LogP) is 8.71. The standard InChI is InChI=1S/C29H34N2S/c1-8-29(7,9-2)23-16-10-20(11-17-23)24-18-19(3)25(27-26(24)30-32-31-27)21-12-14-22(15-13-21)28(4,5)6/h10-18H,8-9H2,1-7H3.